The number of aryl methyl sites for hydroxylation is 1. The summed E-state index contributed by atoms with van der Waals surface area (Å²) in [6.07, 6.45) is -3.85. The summed E-state index contributed by atoms with van der Waals surface area (Å²) in [7, 11) is -3.89. The van der Waals surface area contributed by atoms with Crippen LogP contribution in [0.4, 0.5) is 18.9 Å². The van der Waals surface area contributed by atoms with E-state index < -0.39 is 57.9 Å². The molecule has 0 saturated heterocycles. The highest BCUT2D eigenvalue weighted by Gasteiger charge is 2.38. The number of rotatable bonds is 13. The highest BCUT2D eigenvalue weighted by atomic mass is 32.2. The van der Waals surface area contributed by atoms with Crippen molar-refractivity contribution < 1.29 is 45.9 Å². The number of amides is 2. The van der Waals surface area contributed by atoms with Crippen molar-refractivity contribution in [2.75, 3.05) is 11.3 Å². The predicted molar refractivity (Wildman–Crippen MR) is 141 cm³/mol. The van der Waals surface area contributed by atoms with E-state index in [1.807, 2.05) is 0 Å². The van der Waals surface area contributed by atoms with E-state index in [-0.39, 0.29) is 17.9 Å². The van der Waals surface area contributed by atoms with Crippen LogP contribution in [0.25, 0.3) is 0 Å². The normalized spacial score (nSPS) is 11.9. The molecule has 0 fully saturated rings. The van der Waals surface area contributed by atoms with Crippen molar-refractivity contribution in [2.45, 2.75) is 50.7 Å². The maximum absolute atomic E-state index is 12.9. The maximum atomic E-state index is 12.9. The number of aromatic nitrogens is 1. The zero-order chi connectivity index (χ0) is 31.4. The number of unbranched alkanes of at least 4 members (excludes halogenated alkanes) is 1. The second-order valence-electron chi connectivity index (χ2n) is 8.56. The van der Waals surface area contributed by atoms with Gasteiger partial charge in [0.1, 0.15) is 12.2 Å². The second-order valence-corrected chi connectivity index (χ2v) is 10.3. The van der Waals surface area contributed by atoms with Crippen LogP contribution in [0.1, 0.15) is 30.5 Å². The molecule has 1 heterocycles. The Hall–Kier alpha value is -4.25. The van der Waals surface area contributed by atoms with Crippen LogP contribution in [0.5, 0.6) is 0 Å². The number of nitrogens with two attached hydrogens (primary N) is 2. The minimum Gasteiger partial charge on any atom is -0.475 e. The van der Waals surface area contributed by atoms with Crippen LogP contribution in [0.15, 0.2) is 47.3 Å². The number of hydrogen-bond acceptors (Lipinski definition) is 8. The van der Waals surface area contributed by atoms with E-state index in [1.54, 1.807) is 37.3 Å². The Morgan fingerprint density at radius 1 is 1.05 bits per heavy atom. The first-order chi connectivity index (χ1) is 19.0. The van der Waals surface area contributed by atoms with E-state index in [2.05, 4.69) is 10.0 Å². The van der Waals surface area contributed by atoms with Crippen molar-refractivity contribution >= 4 is 39.3 Å². The van der Waals surface area contributed by atoms with E-state index in [4.69, 9.17) is 21.4 Å². The Kier molecular flexibility index (Phi) is 13.2. The number of carbonyl (C=O) groups is 4. The zero-order valence-corrected chi connectivity index (χ0v) is 22.6. The average Bonchev–Trinajstić information content (AvgIpc) is 2.87. The number of carboxylic acid groups (broad SMARTS) is 1. The lowest BCUT2D eigenvalue weighted by Crippen LogP contribution is -2.47. The first-order valence-corrected chi connectivity index (χ1v) is 13.5. The van der Waals surface area contributed by atoms with Gasteiger partial charge in [0.25, 0.3) is 11.5 Å². The number of ketones is 1. The minimum absolute atomic E-state index is 0.165. The van der Waals surface area contributed by atoms with Gasteiger partial charge < -0.3 is 26.5 Å². The molecule has 1 atom stereocenters. The standard InChI is InChI=1S/C22H29N5O6S.C2HF3O2/c1-15-10-11-18(26-34(32,33)14-16-7-3-2-4-8-16)22(31)27(15)13-19(28)25-17(9-5-6-12-23)20(29)21(24)30;3-2(4,5)1(6)7/h2-4,7-8,10-11,17,26H,5-6,9,12-14,23H2,1H3,(H2,24,30)(H,25,28);(H,6,7)/t17-;/m0./s1. The third kappa shape index (κ3) is 12.2. The Morgan fingerprint density at radius 2 is 1.63 bits per heavy atom. The molecule has 1 aromatic heterocycles. The van der Waals surface area contributed by atoms with Gasteiger partial charge in [-0.15, -0.1) is 0 Å². The number of hydrogen-bond donors (Lipinski definition) is 5. The van der Waals surface area contributed by atoms with Crippen molar-refractivity contribution in [2.24, 2.45) is 11.5 Å². The summed E-state index contributed by atoms with van der Waals surface area (Å²) in [4.78, 5) is 57.7. The topological polar surface area (TPSA) is 221 Å². The van der Waals surface area contributed by atoms with Gasteiger partial charge in [0.15, 0.2) is 0 Å². The smallest absolute Gasteiger partial charge is 0.475 e. The van der Waals surface area contributed by atoms with Crippen LogP contribution in [0.3, 0.4) is 0 Å². The van der Waals surface area contributed by atoms with Crippen molar-refractivity contribution in [1.29, 1.82) is 0 Å². The van der Waals surface area contributed by atoms with Crippen LogP contribution in [-0.4, -0.2) is 60.4 Å². The van der Waals surface area contributed by atoms with Gasteiger partial charge in [0, 0.05) is 5.69 Å². The molecule has 2 amide bonds. The molecule has 0 radical (unpaired) electrons. The summed E-state index contributed by atoms with van der Waals surface area (Å²) in [5.74, 6) is -5.92. The molecular formula is C24H30F3N5O8S. The van der Waals surface area contributed by atoms with Gasteiger partial charge in [-0.25, -0.2) is 13.2 Å². The number of halogens is 3. The number of Topliss-reactive ketones (excluding diaryl/α,β-unsaturated/α-hetero) is 1. The molecule has 0 aliphatic rings. The van der Waals surface area contributed by atoms with Gasteiger partial charge in [0.2, 0.25) is 21.7 Å². The molecule has 0 unspecified atom stereocenters. The monoisotopic (exact) mass is 605 g/mol. The number of aliphatic carboxylic acids is 1. The number of pyridine rings is 1. The van der Waals surface area contributed by atoms with Gasteiger partial charge in [0.05, 0.1) is 11.8 Å². The summed E-state index contributed by atoms with van der Waals surface area (Å²) in [5, 5.41) is 9.56. The molecule has 0 spiro atoms. The SMILES string of the molecule is Cc1ccc(NS(=O)(=O)Cc2ccccc2)c(=O)n1CC(=O)N[C@@H](CCCCN)C(=O)C(N)=O.O=C(O)C(F)(F)F. The van der Waals surface area contributed by atoms with Crippen LogP contribution < -0.4 is 27.1 Å². The Balaban J connectivity index is 0.00000106. The number of carboxylic acids is 1. The molecule has 0 bridgehead atoms. The van der Waals surface area contributed by atoms with E-state index in [9.17, 15) is 40.8 Å². The van der Waals surface area contributed by atoms with Gasteiger partial charge in [-0.05, 0) is 50.4 Å². The third-order valence-electron chi connectivity index (χ3n) is 5.24. The van der Waals surface area contributed by atoms with Crippen LogP contribution >= 0.6 is 0 Å². The zero-order valence-electron chi connectivity index (χ0n) is 21.8. The molecule has 0 aliphatic carbocycles. The lowest BCUT2D eigenvalue weighted by atomic mass is 10.0. The fraction of sp³-hybridized carbons (Fsp3) is 0.375. The predicted octanol–water partition coefficient (Wildman–Crippen LogP) is 0.400. The third-order valence-corrected chi connectivity index (χ3v) is 6.49. The minimum atomic E-state index is -5.08. The number of nitrogens with one attached hydrogen (secondary N) is 2. The summed E-state index contributed by atoms with van der Waals surface area (Å²) in [5.41, 5.74) is 10.5. The molecule has 0 aliphatic heterocycles. The maximum Gasteiger partial charge on any atom is 0.490 e. The van der Waals surface area contributed by atoms with Crippen LogP contribution in [0.2, 0.25) is 0 Å². The number of carbonyl (C=O) groups excluding carboxylic acids is 3. The fourth-order valence-corrected chi connectivity index (χ4v) is 4.45. The van der Waals surface area contributed by atoms with Crippen LogP contribution in [0, 0.1) is 6.92 Å². The number of benzene rings is 1. The van der Waals surface area contributed by atoms with Crippen molar-refractivity contribution in [3.05, 3.63) is 64.1 Å². The first kappa shape index (κ1) is 34.8. The number of alkyl halides is 3. The molecule has 2 aromatic rings. The highest BCUT2D eigenvalue weighted by molar-refractivity contribution is 7.91. The molecule has 7 N–H and O–H groups in total. The summed E-state index contributed by atoms with van der Waals surface area (Å²) < 4.78 is 60.1. The highest BCUT2D eigenvalue weighted by Crippen LogP contribution is 2.13. The van der Waals surface area contributed by atoms with Gasteiger partial charge >= 0.3 is 12.1 Å². The quantitative estimate of drug-likeness (QED) is 0.157. The summed E-state index contributed by atoms with van der Waals surface area (Å²) in [6.45, 7) is 1.47. The van der Waals surface area contributed by atoms with Gasteiger partial charge in [-0.3, -0.25) is 23.9 Å². The molecule has 13 nitrogen and oxygen atoms in total. The van der Waals surface area contributed by atoms with Gasteiger partial charge in [-0.2, -0.15) is 13.2 Å². The second kappa shape index (κ2) is 15.5. The first-order valence-electron chi connectivity index (χ1n) is 11.9. The number of anilines is 1. The van der Waals surface area contributed by atoms with E-state index in [0.29, 0.717) is 30.6 Å². The fourth-order valence-electron chi connectivity index (χ4n) is 3.26. The molecule has 17 heteroatoms. The molecule has 1 aromatic carbocycles. The van der Waals surface area contributed by atoms with E-state index in [0.717, 1.165) is 4.57 Å². The largest absolute Gasteiger partial charge is 0.490 e. The summed E-state index contributed by atoms with van der Waals surface area (Å²) in [6, 6.07) is 10.1. The Labute approximate surface area is 232 Å². The summed E-state index contributed by atoms with van der Waals surface area (Å²) >= 11 is 0. The van der Waals surface area contributed by atoms with Crippen molar-refractivity contribution in [3.63, 3.8) is 0 Å². The molecule has 226 valence electrons. The van der Waals surface area contributed by atoms with Gasteiger partial charge in [-0.1, -0.05) is 30.3 Å². The average molecular weight is 606 g/mol. The lowest BCUT2D eigenvalue weighted by molar-refractivity contribution is -0.192. The number of primary amides is 1. The Bertz CT molecular complexity index is 1400. The van der Waals surface area contributed by atoms with Crippen molar-refractivity contribution in [3.8, 4) is 0 Å². The molecule has 2 rings (SSSR count). The van der Waals surface area contributed by atoms with Crippen molar-refractivity contribution in [1.82, 2.24) is 9.88 Å². The van der Waals surface area contributed by atoms with E-state index >= 15 is 0 Å². The molecular weight excluding hydrogens is 575 g/mol. The molecule has 0 saturated carbocycles. The number of nitrogens with zero attached hydrogens (tertiary/aromatic N) is 1. The van der Waals surface area contributed by atoms with Crippen LogP contribution in [-0.2, 0) is 41.5 Å². The lowest BCUT2D eigenvalue weighted by Gasteiger charge is -2.18. The Morgan fingerprint density at radius 3 is 2.15 bits per heavy atom. The number of sulfonamides is 1. The molecule has 41 heavy (non-hydrogen) atoms. The van der Waals surface area contributed by atoms with E-state index in [1.165, 1.54) is 12.1 Å².